The van der Waals surface area contributed by atoms with E-state index in [0.717, 1.165) is 47.7 Å². The van der Waals surface area contributed by atoms with Crippen LogP contribution in [0.4, 0.5) is 8.78 Å². The van der Waals surface area contributed by atoms with Gasteiger partial charge in [0.25, 0.3) is 0 Å². The van der Waals surface area contributed by atoms with Gasteiger partial charge in [0.1, 0.15) is 11.6 Å². The van der Waals surface area contributed by atoms with Gasteiger partial charge in [0.15, 0.2) is 0 Å². The third-order valence-corrected chi connectivity index (χ3v) is 4.15. The predicted octanol–water partition coefficient (Wildman–Crippen LogP) is 4.70. The van der Waals surface area contributed by atoms with Crippen molar-refractivity contribution in [3.05, 3.63) is 59.2 Å². The van der Waals surface area contributed by atoms with Crippen molar-refractivity contribution >= 4 is 10.9 Å². The lowest BCUT2D eigenvalue weighted by Crippen LogP contribution is -1.99. The number of hydrogen-bond acceptors (Lipinski definition) is 1. The number of halogens is 2. The fourth-order valence-corrected chi connectivity index (χ4v) is 2.95. The molecule has 0 aliphatic rings. The minimum absolute atomic E-state index is 0.365. The standard InChI is InChI=1S/C19H20F2N2/c1-12-5-7-13(8-6-12)18-15(4-2-3-9-22)16-10-14(20)11-17(21)19(16)23-18/h5-8,10-11,23H,2-4,9,22H2,1H3. The molecule has 0 saturated carbocycles. The Bertz CT molecular complexity index is 819. The van der Waals surface area contributed by atoms with Crippen LogP contribution in [0.15, 0.2) is 36.4 Å². The number of hydrogen-bond donors (Lipinski definition) is 2. The SMILES string of the molecule is Cc1ccc(-c2[nH]c3c(F)cc(F)cc3c2CCCCN)cc1. The molecule has 120 valence electrons. The van der Waals surface area contributed by atoms with E-state index in [1.54, 1.807) is 0 Å². The van der Waals surface area contributed by atoms with E-state index in [1.165, 1.54) is 6.07 Å². The molecule has 3 rings (SSSR count). The highest BCUT2D eigenvalue weighted by molar-refractivity contribution is 5.91. The maximum atomic E-state index is 14.1. The second-order valence-electron chi connectivity index (χ2n) is 5.90. The number of aryl methyl sites for hydroxylation is 2. The van der Waals surface area contributed by atoms with Gasteiger partial charge in [-0.1, -0.05) is 29.8 Å². The second kappa shape index (κ2) is 6.50. The normalized spacial score (nSPS) is 11.3. The fourth-order valence-electron chi connectivity index (χ4n) is 2.95. The largest absolute Gasteiger partial charge is 0.352 e. The van der Waals surface area contributed by atoms with Crippen LogP contribution in [0.2, 0.25) is 0 Å². The van der Waals surface area contributed by atoms with Gasteiger partial charge in [-0.25, -0.2) is 8.78 Å². The van der Waals surface area contributed by atoms with Crippen LogP contribution in [0.5, 0.6) is 0 Å². The van der Waals surface area contributed by atoms with E-state index in [2.05, 4.69) is 4.98 Å². The summed E-state index contributed by atoms with van der Waals surface area (Å²) in [7, 11) is 0. The quantitative estimate of drug-likeness (QED) is 0.658. The molecule has 23 heavy (non-hydrogen) atoms. The first-order valence-corrected chi connectivity index (χ1v) is 7.87. The molecule has 0 amide bonds. The monoisotopic (exact) mass is 314 g/mol. The van der Waals surface area contributed by atoms with Crippen LogP contribution in [0.25, 0.3) is 22.2 Å². The van der Waals surface area contributed by atoms with Crippen LogP contribution in [0.3, 0.4) is 0 Å². The van der Waals surface area contributed by atoms with Gasteiger partial charge in [-0.2, -0.15) is 0 Å². The van der Waals surface area contributed by atoms with Gasteiger partial charge in [0.05, 0.1) is 5.52 Å². The van der Waals surface area contributed by atoms with Crippen molar-refractivity contribution in [2.75, 3.05) is 6.54 Å². The first kappa shape index (κ1) is 15.7. The van der Waals surface area contributed by atoms with Crippen molar-refractivity contribution in [2.24, 2.45) is 5.73 Å². The Morgan fingerprint density at radius 2 is 1.78 bits per heavy atom. The maximum absolute atomic E-state index is 14.1. The number of rotatable bonds is 5. The third-order valence-electron chi connectivity index (χ3n) is 4.15. The second-order valence-corrected chi connectivity index (χ2v) is 5.90. The van der Waals surface area contributed by atoms with Crippen LogP contribution in [0, 0.1) is 18.6 Å². The smallest absolute Gasteiger partial charge is 0.150 e. The number of aromatic amines is 1. The van der Waals surface area contributed by atoms with Crippen molar-refractivity contribution < 1.29 is 8.78 Å². The molecule has 0 radical (unpaired) electrons. The maximum Gasteiger partial charge on any atom is 0.150 e. The van der Waals surface area contributed by atoms with Gasteiger partial charge in [-0.3, -0.25) is 0 Å². The summed E-state index contributed by atoms with van der Waals surface area (Å²) in [5.41, 5.74) is 9.89. The number of aromatic nitrogens is 1. The van der Waals surface area contributed by atoms with E-state index >= 15 is 0 Å². The van der Waals surface area contributed by atoms with Gasteiger partial charge < -0.3 is 10.7 Å². The highest BCUT2D eigenvalue weighted by Gasteiger charge is 2.16. The van der Waals surface area contributed by atoms with Crippen molar-refractivity contribution in [3.63, 3.8) is 0 Å². The molecular weight excluding hydrogens is 294 g/mol. The van der Waals surface area contributed by atoms with Crippen molar-refractivity contribution in [1.82, 2.24) is 4.98 Å². The molecule has 0 unspecified atom stereocenters. The number of fused-ring (bicyclic) bond motifs is 1. The van der Waals surface area contributed by atoms with Gasteiger partial charge in [0, 0.05) is 17.1 Å². The average molecular weight is 314 g/mol. The Morgan fingerprint density at radius 1 is 1.04 bits per heavy atom. The Morgan fingerprint density at radius 3 is 2.48 bits per heavy atom. The number of unbranched alkanes of at least 4 members (excludes halogenated alkanes) is 1. The molecule has 1 aromatic heterocycles. The topological polar surface area (TPSA) is 41.8 Å². The molecule has 0 aliphatic carbocycles. The highest BCUT2D eigenvalue weighted by atomic mass is 19.1. The van der Waals surface area contributed by atoms with Gasteiger partial charge in [0.2, 0.25) is 0 Å². The van der Waals surface area contributed by atoms with Crippen LogP contribution in [0.1, 0.15) is 24.0 Å². The summed E-state index contributed by atoms with van der Waals surface area (Å²) in [6.07, 6.45) is 2.52. The molecule has 2 aromatic carbocycles. The number of H-pyrrole nitrogens is 1. The summed E-state index contributed by atoms with van der Waals surface area (Å²) in [6.45, 7) is 2.64. The molecule has 0 aliphatic heterocycles. The van der Waals surface area contributed by atoms with Crippen LogP contribution >= 0.6 is 0 Å². The lowest BCUT2D eigenvalue weighted by molar-refractivity contribution is 0.591. The molecule has 4 heteroatoms. The highest BCUT2D eigenvalue weighted by Crippen LogP contribution is 2.33. The molecule has 3 N–H and O–H groups in total. The zero-order valence-electron chi connectivity index (χ0n) is 13.1. The number of benzene rings is 2. The number of nitrogens with two attached hydrogens (primary N) is 1. The molecule has 0 saturated heterocycles. The zero-order valence-corrected chi connectivity index (χ0v) is 13.1. The summed E-state index contributed by atoms with van der Waals surface area (Å²) in [5, 5.41) is 0.620. The van der Waals surface area contributed by atoms with Crippen LogP contribution in [-0.2, 0) is 6.42 Å². The minimum Gasteiger partial charge on any atom is -0.352 e. The van der Waals surface area contributed by atoms with Crippen molar-refractivity contribution in [2.45, 2.75) is 26.2 Å². The van der Waals surface area contributed by atoms with Crippen LogP contribution in [-0.4, -0.2) is 11.5 Å². The van der Waals surface area contributed by atoms with E-state index in [4.69, 9.17) is 5.73 Å². The molecule has 0 spiro atoms. The summed E-state index contributed by atoms with van der Waals surface area (Å²) in [5.74, 6) is -1.11. The molecule has 0 fully saturated rings. The molecule has 0 atom stereocenters. The number of nitrogens with one attached hydrogen (secondary N) is 1. The fraction of sp³-hybridized carbons (Fsp3) is 0.263. The summed E-state index contributed by atoms with van der Waals surface area (Å²) >= 11 is 0. The van der Waals surface area contributed by atoms with Gasteiger partial charge >= 0.3 is 0 Å². The van der Waals surface area contributed by atoms with E-state index in [9.17, 15) is 8.78 Å². The Hall–Kier alpha value is -2.20. The van der Waals surface area contributed by atoms with Crippen molar-refractivity contribution in [3.8, 4) is 11.3 Å². The Kier molecular flexibility index (Phi) is 4.44. The van der Waals surface area contributed by atoms with Crippen molar-refractivity contribution in [1.29, 1.82) is 0 Å². The molecule has 3 aromatic rings. The van der Waals surface area contributed by atoms with E-state index in [-0.39, 0.29) is 0 Å². The molecule has 0 bridgehead atoms. The zero-order chi connectivity index (χ0) is 16.4. The Labute approximate surface area is 134 Å². The Balaban J connectivity index is 2.16. The van der Waals surface area contributed by atoms with E-state index in [0.29, 0.717) is 17.4 Å². The molecular formula is C19H20F2N2. The summed E-state index contributed by atoms with van der Waals surface area (Å²) < 4.78 is 27.8. The first-order chi connectivity index (χ1) is 11.1. The molecule has 1 heterocycles. The average Bonchev–Trinajstić information content (AvgIpc) is 2.87. The lowest BCUT2D eigenvalue weighted by Gasteiger charge is -2.06. The summed E-state index contributed by atoms with van der Waals surface area (Å²) in [6, 6.07) is 10.4. The van der Waals surface area contributed by atoms with E-state index < -0.39 is 11.6 Å². The third kappa shape index (κ3) is 3.13. The lowest BCUT2D eigenvalue weighted by atomic mass is 9.99. The van der Waals surface area contributed by atoms with Gasteiger partial charge in [-0.15, -0.1) is 0 Å². The van der Waals surface area contributed by atoms with Crippen LogP contribution < -0.4 is 5.73 Å². The first-order valence-electron chi connectivity index (χ1n) is 7.87. The predicted molar refractivity (Wildman–Crippen MR) is 90.4 cm³/mol. The summed E-state index contributed by atoms with van der Waals surface area (Å²) in [4.78, 5) is 3.15. The molecule has 2 nitrogen and oxygen atoms in total. The van der Waals surface area contributed by atoms with Gasteiger partial charge in [-0.05, 0) is 49.9 Å². The minimum atomic E-state index is -0.557. The van der Waals surface area contributed by atoms with E-state index in [1.807, 2.05) is 31.2 Å².